The Hall–Kier alpha value is -2.79. The van der Waals surface area contributed by atoms with Gasteiger partial charge in [0, 0.05) is 11.6 Å². The molecular weight excluding hydrogens is 254 g/mol. The number of nitrogens with one attached hydrogen (secondary N) is 1. The van der Waals surface area contributed by atoms with Crippen LogP contribution >= 0.6 is 0 Å². The van der Waals surface area contributed by atoms with E-state index in [-0.39, 0.29) is 5.56 Å². The average molecular weight is 265 g/mol. The van der Waals surface area contributed by atoms with Crippen LogP contribution in [-0.4, -0.2) is 15.2 Å². The number of anilines is 1. The van der Waals surface area contributed by atoms with Crippen LogP contribution in [-0.2, 0) is 0 Å². The van der Waals surface area contributed by atoms with E-state index in [4.69, 9.17) is 5.21 Å². The quantitative estimate of drug-likeness (QED) is 0.696. The number of aromatic nitrogens is 2. The maximum Gasteiger partial charge on any atom is 0.272 e. The van der Waals surface area contributed by atoms with Gasteiger partial charge in [0.1, 0.15) is 0 Å². The van der Waals surface area contributed by atoms with Gasteiger partial charge in [0.05, 0.1) is 22.4 Å². The Kier molecular flexibility index (Phi) is 3.10. The standard InChI is InChI=1S/C15H11N3O2/c19-15-9-13(10-4-2-1-3-5-10)16-14-8-11(18-20)6-7-12(14)17-15/h1-9,18,20H. The monoisotopic (exact) mass is 265 g/mol. The van der Waals surface area contributed by atoms with E-state index in [1.165, 1.54) is 6.07 Å². The Labute approximate surface area is 114 Å². The van der Waals surface area contributed by atoms with Crippen molar-refractivity contribution in [2.24, 2.45) is 0 Å². The number of fused-ring (bicyclic) bond motifs is 1. The van der Waals surface area contributed by atoms with Gasteiger partial charge >= 0.3 is 0 Å². The maximum absolute atomic E-state index is 11.8. The number of rotatable bonds is 2. The zero-order chi connectivity index (χ0) is 13.9. The molecule has 0 unspecified atom stereocenters. The summed E-state index contributed by atoms with van der Waals surface area (Å²) in [7, 11) is 0. The Morgan fingerprint density at radius 1 is 0.900 bits per heavy atom. The van der Waals surface area contributed by atoms with Gasteiger partial charge < -0.3 is 0 Å². The Balaban J connectivity index is 2.31. The molecule has 3 aromatic rings. The molecular formula is C15H11N3O2. The summed E-state index contributed by atoms with van der Waals surface area (Å²) in [5, 5.41) is 8.94. The SMILES string of the molecule is O=c1cc(-c2ccccc2)nc2cc(NO)ccc2n1. The van der Waals surface area contributed by atoms with Crippen molar-refractivity contribution in [3.05, 3.63) is 65.0 Å². The molecule has 98 valence electrons. The van der Waals surface area contributed by atoms with Gasteiger partial charge in [-0.2, -0.15) is 0 Å². The van der Waals surface area contributed by atoms with Crippen molar-refractivity contribution in [1.29, 1.82) is 0 Å². The van der Waals surface area contributed by atoms with Crippen LogP contribution in [0, 0.1) is 0 Å². The van der Waals surface area contributed by atoms with Crippen molar-refractivity contribution < 1.29 is 5.21 Å². The zero-order valence-electron chi connectivity index (χ0n) is 10.4. The van der Waals surface area contributed by atoms with Gasteiger partial charge in [-0.05, 0) is 18.2 Å². The highest BCUT2D eigenvalue weighted by atomic mass is 16.5. The molecule has 0 aliphatic rings. The smallest absolute Gasteiger partial charge is 0.272 e. The fraction of sp³-hybridized carbons (Fsp3) is 0. The fourth-order valence-electron chi connectivity index (χ4n) is 1.96. The Morgan fingerprint density at radius 2 is 1.70 bits per heavy atom. The molecule has 1 aromatic heterocycles. The third kappa shape index (κ3) is 2.34. The van der Waals surface area contributed by atoms with Crippen molar-refractivity contribution in [2.75, 3.05) is 5.48 Å². The van der Waals surface area contributed by atoms with Crippen molar-refractivity contribution in [3.63, 3.8) is 0 Å². The first kappa shape index (κ1) is 12.3. The van der Waals surface area contributed by atoms with Crippen LogP contribution in [0.3, 0.4) is 0 Å². The molecule has 0 spiro atoms. The van der Waals surface area contributed by atoms with E-state index in [1.807, 2.05) is 30.3 Å². The second-order valence-corrected chi connectivity index (χ2v) is 4.27. The van der Waals surface area contributed by atoms with E-state index in [0.29, 0.717) is 22.4 Å². The van der Waals surface area contributed by atoms with Crippen LogP contribution in [0.1, 0.15) is 0 Å². The molecule has 0 aliphatic heterocycles. The third-order valence-corrected chi connectivity index (χ3v) is 2.91. The van der Waals surface area contributed by atoms with Gasteiger partial charge in [-0.1, -0.05) is 30.3 Å². The molecule has 5 nitrogen and oxygen atoms in total. The number of hydrogen-bond acceptors (Lipinski definition) is 5. The fourth-order valence-corrected chi connectivity index (χ4v) is 1.96. The predicted octanol–water partition coefficient (Wildman–Crippen LogP) is 2.46. The lowest BCUT2D eigenvalue weighted by atomic mass is 10.1. The minimum Gasteiger partial charge on any atom is -0.291 e. The molecule has 0 atom stereocenters. The first-order valence-electron chi connectivity index (χ1n) is 6.05. The maximum atomic E-state index is 11.8. The van der Waals surface area contributed by atoms with Gasteiger partial charge in [0.2, 0.25) is 0 Å². The molecule has 0 fully saturated rings. The lowest BCUT2D eigenvalue weighted by Crippen LogP contribution is -1.99. The second-order valence-electron chi connectivity index (χ2n) is 4.27. The molecule has 2 aromatic carbocycles. The van der Waals surface area contributed by atoms with E-state index >= 15 is 0 Å². The van der Waals surface area contributed by atoms with E-state index in [1.54, 1.807) is 18.2 Å². The highest BCUT2D eigenvalue weighted by Crippen LogP contribution is 2.18. The topological polar surface area (TPSA) is 75.1 Å². The van der Waals surface area contributed by atoms with Gasteiger partial charge in [0.15, 0.2) is 0 Å². The number of benzene rings is 2. The average Bonchev–Trinajstić information content (AvgIpc) is 2.65. The molecule has 20 heavy (non-hydrogen) atoms. The van der Waals surface area contributed by atoms with Crippen LogP contribution in [0.15, 0.2) is 59.4 Å². The summed E-state index contributed by atoms with van der Waals surface area (Å²) in [4.78, 5) is 20.3. The summed E-state index contributed by atoms with van der Waals surface area (Å²) in [6, 6.07) is 15.7. The summed E-state index contributed by atoms with van der Waals surface area (Å²) in [5.74, 6) is 0. The van der Waals surface area contributed by atoms with E-state index < -0.39 is 0 Å². The summed E-state index contributed by atoms with van der Waals surface area (Å²) >= 11 is 0. The lowest BCUT2D eigenvalue weighted by Gasteiger charge is -1.99. The van der Waals surface area contributed by atoms with Crippen molar-refractivity contribution in [3.8, 4) is 11.3 Å². The van der Waals surface area contributed by atoms with Gasteiger partial charge in [-0.25, -0.2) is 9.97 Å². The molecule has 2 N–H and O–H groups in total. The van der Waals surface area contributed by atoms with Crippen molar-refractivity contribution in [2.45, 2.75) is 0 Å². The summed E-state index contributed by atoms with van der Waals surface area (Å²) in [6.07, 6.45) is 0. The molecule has 3 rings (SSSR count). The molecule has 5 heteroatoms. The minimum absolute atomic E-state index is 0.351. The third-order valence-electron chi connectivity index (χ3n) is 2.91. The van der Waals surface area contributed by atoms with Gasteiger partial charge in [0.25, 0.3) is 5.56 Å². The summed E-state index contributed by atoms with van der Waals surface area (Å²) < 4.78 is 0. The van der Waals surface area contributed by atoms with E-state index in [2.05, 4.69) is 15.4 Å². The molecule has 0 saturated heterocycles. The largest absolute Gasteiger partial charge is 0.291 e. The Bertz CT molecular complexity index is 820. The van der Waals surface area contributed by atoms with Crippen LogP contribution < -0.4 is 11.0 Å². The van der Waals surface area contributed by atoms with Gasteiger partial charge in [-0.3, -0.25) is 15.5 Å². The lowest BCUT2D eigenvalue weighted by molar-refractivity contribution is 0.389. The van der Waals surface area contributed by atoms with Crippen LogP contribution in [0.2, 0.25) is 0 Å². The summed E-state index contributed by atoms with van der Waals surface area (Å²) in [5.41, 5.74) is 4.60. The molecule has 0 saturated carbocycles. The first-order chi connectivity index (χ1) is 9.76. The number of nitrogens with zero attached hydrogens (tertiary/aromatic N) is 2. The van der Waals surface area contributed by atoms with Gasteiger partial charge in [-0.15, -0.1) is 0 Å². The molecule has 1 heterocycles. The molecule has 0 aliphatic carbocycles. The highest BCUT2D eigenvalue weighted by Gasteiger charge is 2.03. The normalized spacial score (nSPS) is 10.4. The summed E-state index contributed by atoms with van der Waals surface area (Å²) in [6.45, 7) is 0. The molecule has 0 amide bonds. The van der Waals surface area contributed by atoms with E-state index in [0.717, 1.165) is 5.56 Å². The highest BCUT2D eigenvalue weighted by molar-refractivity contribution is 5.79. The number of hydrogen-bond donors (Lipinski definition) is 2. The second kappa shape index (κ2) is 5.07. The molecule has 0 bridgehead atoms. The zero-order valence-corrected chi connectivity index (χ0v) is 10.4. The van der Waals surface area contributed by atoms with Crippen LogP contribution in [0.5, 0.6) is 0 Å². The first-order valence-corrected chi connectivity index (χ1v) is 6.05. The van der Waals surface area contributed by atoms with Crippen molar-refractivity contribution in [1.82, 2.24) is 9.97 Å². The van der Waals surface area contributed by atoms with Crippen LogP contribution in [0.25, 0.3) is 22.3 Å². The van der Waals surface area contributed by atoms with Crippen molar-refractivity contribution >= 4 is 16.7 Å². The Morgan fingerprint density at radius 3 is 2.45 bits per heavy atom. The van der Waals surface area contributed by atoms with Crippen LogP contribution in [0.4, 0.5) is 5.69 Å². The molecule has 0 radical (unpaired) electrons. The predicted molar refractivity (Wildman–Crippen MR) is 76.7 cm³/mol. The van der Waals surface area contributed by atoms with E-state index in [9.17, 15) is 4.79 Å². The minimum atomic E-state index is -0.351.